The van der Waals surface area contributed by atoms with Gasteiger partial charge in [-0.3, -0.25) is 0 Å². The summed E-state index contributed by atoms with van der Waals surface area (Å²) in [6, 6.07) is 1.03. The number of hydrogen-bond acceptors (Lipinski definition) is 3. The number of ether oxygens (including phenoxy) is 1. The smallest absolute Gasteiger partial charge is 0.0775 e. The predicted octanol–water partition coefficient (Wildman–Crippen LogP) is 2.76. The van der Waals surface area contributed by atoms with Gasteiger partial charge < -0.3 is 15.0 Å². The summed E-state index contributed by atoms with van der Waals surface area (Å²) >= 11 is 0. The average molecular weight is 258 g/mol. The standard InChI is InChI=1S/C15H34N2O/c1-12(2)11-13(3)17(7)10-9-14(16-6)15(4,5)18-8/h12-14,16H,9-11H2,1-8H3. The maximum Gasteiger partial charge on any atom is 0.0775 e. The molecule has 2 unspecified atom stereocenters. The summed E-state index contributed by atoms with van der Waals surface area (Å²) in [5.74, 6) is 0.762. The van der Waals surface area contributed by atoms with Crippen molar-refractivity contribution < 1.29 is 4.74 Å². The van der Waals surface area contributed by atoms with Crippen LogP contribution < -0.4 is 5.32 Å². The van der Waals surface area contributed by atoms with Gasteiger partial charge in [-0.15, -0.1) is 0 Å². The summed E-state index contributed by atoms with van der Waals surface area (Å²) in [6.07, 6.45) is 2.37. The third kappa shape index (κ3) is 6.17. The van der Waals surface area contributed by atoms with Crippen molar-refractivity contribution in [1.82, 2.24) is 10.2 Å². The Labute approximate surface area is 114 Å². The first-order valence-corrected chi connectivity index (χ1v) is 7.17. The Morgan fingerprint density at radius 1 is 1.22 bits per heavy atom. The summed E-state index contributed by atoms with van der Waals surface area (Å²) in [5, 5.41) is 3.38. The van der Waals surface area contributed by atoms with Gasteiger partial charge in [-0.1, -0.05) is 13.8 Å². The van der Waals surface area contributed by atoms with Gasteiger partial charge in [0.2, 0.25) is 0 Å². The number of rotatable bonds is 9. The molecule has 2 atom stereocenters. The fraction of sp³-hybridized carbons (Fsp3) is 1.00. The van der Waals surface area contributed by atoms with Crippen LogP contribution in [0.1, 0.15) is 47.5 Å². The molecule has 0 fully saturated rings. The lowest BCUT2D eigenvalue weighted by Crippen LogP contribution is -2.48. The molecule has 0 bridgehead atoms. The molecule has 0 saturated carbocycles. The van der Waals surface area contributed by atoms with Gasteiger partial charge in [0, 0.05) is 19.2 Å². The van der Waals surface area contributed by atoms with E-state index < -0.39 is 0 Å². The molecule has 110 valence electrons. The summed E-state index contributed by atoms with van der Waals surface area (Å²) < 4.78 is 5.57. The van der Waals surface area contributed by atoms with Crippen molar-refractivity contribution in [2.24, 2.45) is 5.92 Å². The fourth-order valence-corrected chi connectivity index (χ4v) is 2.40. The Morgan fingerprint density at radius 3 is 2.17 bits per heavy atom. The molecule has 0 aliphatic carbocycles. The van der Waals surface area contributed by atoms with Crippen LogP contribution in [0.25, 0.3) is 0 Å². The van der Waals surface area contributed by atoms with Crippen LogP contribution in [0.3, 0.4) is 0 Å². The van der Waals surface area contributed by atoms with Crippen molar-refractivity contribution >= 4 is 0 Å². The van der Waals surface area contributed by atoms with E-state index in [9.17, 15) is 0 Å². The fourth-order valence-electron chi connectivity index (χ4n) is 2.40. The highest BCUT2D eigenvalue weighted by Gasteiger charge is 2.28. The van der Waals surface area contributed by atoms with Gasteiger partial charge in [0.1, 0.15) is 0 Å². The minimum Gasteiger partial charge on any atom is -0.377 e. The summed E-state index contributed by atoms with van der Waals surface area (Å²) in [7, 11) is 6.03. The van der Waals surface area contributed by atoms with E-state index in [1.165, 1.54) is 6.42 Å². The highest BCUT2D eigenvalue weighted by Crippen LogP contribution is 2.17. The van der Waals surface area contributed by atoms with Gasteiger partial charge in [0.05, 0.1) is 5.60 Å². The Kier molecular flexibility index (Phi) is 8.08. The highest BCUT2D eigenvalue weighted by atomic mass is 16.5. The minimum absolute atomic E-state index is 0.114. The maximum atomic E-state index is 5.57. The first-order valence-electron chi connectivity index (χ1n) is 7.17. The van der Waals surface area contributed by atoms with Crippen molar-refractivity contribution in [3.63, 3.8) is 0 Å². The van der Waals surface area contributed by atoms with E-state index in [4.69, 9.17) is 4.74 Å². The van der Waals surface area contributed by atoms with E-state index in [0.29, 0.717) is 12.1 Å². The van der Waals surface area contributed by atoms with Crippen LogP contribution in [-0.2, 0) is 4.74 Å². The van der Waals surface area contributed by atoms with Gasteiger partial charge in [-0.25, -0.2) is 0 Å². The summed E-state index contributed by atoms with van der Waals surface area (Å²) in [5.41, 5.74) is -0.114. The van der Waals surface area contributed by atoms with Crippen LogP contribution in [-0.4, -0.2) is 50.3 Å². The van der Waals surface area contributed by atoms with Crippen LogP contribution in [0, 0.1) is 5.92 Å². The lowest BCUT2D eigenvalue weighted by molar-refractivity contribution is -0.0131. The van der Waals surface area contributed by atoms with E-state index in [1.807, 2.05) is 7.05 Å². The zero-order valence-corrected chi connectivity index (χ0v) is 13.7. The predicted molar refractivity (Wildman–Crippen MR) is 80.1 cm³/mol. The SMILES string of the molecule is CNC(CCN(C)C(C)CC(C)C)C(C)(C)OC. The van der Waals surface area contributed by atoms with E-state index >= 15 is 0 Å². The van der Waals surface area contributed by atoms with Crippen LogP contribution in [0.2, 0.25) is 0 Å². The second-order valence-corrected chi connectivity index (χ2v) is 6.40. The molecule has 18 heavy (non-hydrogen) atoms. The first-order chi connectivity index (χ1) is 8.24. The van der Waals surface area contributed by atoms with Crippen LogP contribution in [0.15, 0.2) is 0 Å². The Balaban J connectivity index is 4.20. The van der Waals surface area contributed by atoms with E-state index in [2.05, 4.69) is 51.9 Å². The maximum absolute atomic E-state index is 5.57. The van der Waals surface area contributed by atoms with Gasteiger partial charge in [-0.05, 0) is 60.2 Å². The average Bonchev–Trinajstić information content (AvgIpc) is 2.28. The lowest BCUT2D eigenvalue weighted by Gasteiger charge is -2.35. The Hall–Kier alpha value is -0.120. The number of likely N-dealkylation sites (N-methyl/N-ethyl adjacent to an activating group) is 1. The molecule has 3 heteroatoms. The molecule has 0 rings (SSSR count). The number of nitrogens with zero attached hydrogens (tertiary/aromatic N) is 1. The van der Waals surface area contributed by atoms with E-state index in [-0.39, 0.29) is 5.60 Å². The molecule has 0 saturated heterocycles. The highest BCUT2D eigenvalue weighted by molar-refractivity contribution is 4.85. The molecule has 0 aliphatic heterocycles. The molecule has 0 aromatic heterocycles. The molecular weight excluding hydrogens is 224 g/mol. The van der Waals surface area contributed by atoms with Crippen molar-refractivity contribution in [1.29, 1.82) is 0 Å². The third-order valence-corrected chi connectivity index (χ3v) is 4.05. The summed E-state index contributed by atoms with van der Waals surface area (Å²) in [6.45, 7) is 12.3. The van der Waals surface area contributed by atoms with E-state index in [0.717, 1.165) is 18.9 Å². The largest absolute Gasteiger partial charge is 0.377 e. The number of methoxy groups -OCH3 is 1. The van der Waals surface area contributed by atoms with Gasteiger partial charge >= 0.3 is 0 Å². The van der Waals surface area contributed by atoms with Gasteiger partial charge in [-0.2, -0.15) is 0 Å². The third-order valence-electron chi connectivity index (χ3n) is 4.05. The van der Waals surface area contributed by atoms with Crippen molar-refractivity contribution in [3.8, 4) is 0 Å². The molecule has 0 aromatic rings. The zero-order valence-electron chi connectivity index (χ0n) is 13.7. The van der Waals surface area contributed by atoms with Crippen molar-refractivity contribution in [2.45, 2.75) is 65.1 Å². The van der Waals surface area contributed by atoms with Crippen molar-refractivity contribution in [3.05, 3.63) is 0 Å². The van der Waals surface area contributed by atoms with Crippen LogP contribution in [0.4, 0.5) is 0 Å². The topological polar surface area (TPSA) is 24.5 Å². The molecule has 0 aliphatic rings. The van der Waals surface area contributed by atoms with Gasteiger partial charge in [0.15, 0.2) is 0 Å². The molecule has 0 spiro atoms. The first kappa shape index (κ1) is 17.9. The number of hydrogen-bond donors (Lipinski definition) is 1. The molecular formula is C15H34N2O. The second kappa shape index (κ2) is 8.13. The lowest BCUT2D eigenvalue weighted by atomic mass is 9.95. The molecule has 0 heterocycles. The second-order valence-electron chi connectivity index (χ2n) is 6.40. The van der Waals surface area contributed by atoms with Crippen LogP contribution in [0.5, 0.6) is 0 Å². The number of nitrogens with one attached hydrogen (secondary N) is 1. The molecule has 0 aromatic carbocycles. The van der Waals surface area contributed by atoms with Gasteiger partial charge in [0.25, 0.3) is 0 Å². The van der Waals surface area contributed by atoms with Crippen molar-refractivity contribution in [2.75, 3.05) is 27.7 Å². The Bertz CT molecular complexity index is 217. The minimum atomic E-state index is -0.114. The zero-order chi connectivity index (χ0) is 14.3. The van der Waals surface area contributed by atoms with E-state index in [1.54, 1.807) is 7.11 Å². The normalized spacial score (nSPS) is 16.3. The molecule has 3 nitrogen and oxygen atoms in total. The molecule has 1 N–H and O–H groups in total. The Morgan fingerprint density at radius 2 is 1.78 bits per heavy atom. The monoisotopic (exact) mass is 258 g/mol. The summed E-state index contributed by atoms with van der Waals surface area (Å²) in [4.78, 5) is 2.45. The quantitative estimate of drug-likeness (QED) is 0.688. The van der Waals surface area contributed by atoms with Crippen LogP contribution >= 0.6 is 0 Å². The molecule has 0 amide bonds. The molecule has 0 radical (unpaired) electrons.